The highest BCUT2D eigenvalue weighted by molar-refractivity contribution is 5.94. The van der Waals surface area contributed by atoms with Gasteiger partial charge in [0.05, 0.1) is 16.8 Å². The van der Waals surface area contributed by atoms with Gasteiger partial charge in [-0.25, -0.2) is 19.4 Å². The molecule has 222 valence electrons. The molecule has 1 aromatic carbocycles. The SMILES string of the molecule is CCc1nn(-c2ccc(C(=O)NC3CCC(=Cc4cccc(Oc5ccc(C(F)(F)F)cn5)c4)CC3)cn2)cc1C(=O)O. The van der Waals surface area contributed by atoms with Crippen LogP contribution in [0, 0.1) is 0 Å². The first-order valence-corrected chi connectivity index (χ1v) is 13.7. The van der Waals surface area contributed by atoms with Crippen molar-refractivity contribution in [3.63, 3.8) is 0 Å². The Hall–Kier alpha value is -5.00. The third kappa shape index (κ3) is 7.26. The lowest BCUT2D eigenvalue weighted by Gasteiger charge is -2.25. The molecule has 0 radical (unpaired) electrons. The number of ether oxygens (including phenoxy) is 1. The van der Waals surface area contributed by atoms with E-state index in [0.717, 1.165) is 43.5 Å². The predicted molar refractivity (Wildman–Crippen MR) is 151 cm³/mol. The van der Waals surface area contributed by atoms with Gasteiger partial charge in [-0.1, -0.05) is 30.7 Å². The second-order valence-electron chi connectivity index (χ2n) is 10.1. The summed E-state index contributed by atoms with van der Waals surface area (Å²) in [5.74, 6) is -0.349. The molecule has 43 heavy (non-hydrogen) atoms. The summed E-state index contributed by atoms with van der Waals surface area (Å²) in [6.45, 7) is 1.82. The second-order valence-corrected chi connectivity index (χ2v) is 10.1. The zero-order chi connectivity index (χ0) is 30.6. The maximum Gasteiger partial charge on any atom is 0.417 e. The molecule has 0 aliphatic heterocycles. The number of aromatic nitrogens is 4. The number of carboxylic acid groups (broad SMARTS) is 1. The first-order valence-electron chi connectivity index (χ1n) is 13.7. The van der Waals surface area contributed by atoms with Crippen LogP contribution >= 0.6 is 0 Å². The highest BCUT2D eigenvalue weighted by Gasteiger charge is 2.30. The van der Waals surface area contributed by atoms with E-state index in [4.69, 9.17) is 4.74 Å². The van der Waals surface area contributed by atoms with E-state index >= 15 is 0 Å². The monoisotopic (exact) mass is 591 g/mol. The molecule has 0 bridgehead atoms. The summed E-state index contributed by atoms with van der Waals surface area (Å²) < 4.78 is 45.3. The maximum atomic E-state index is 12.8. The zero-order valence-electron chi connectivity index (χ0n) is 23.1. The third-order valence-electron chi connectivity index (χ3n) is 7.08. The molecule has 0 atom stereocenters. The van der Waals surface area contributed by atoms with E-state index in [0.29, 0.717) is 29.2 Å². The Kier molecular flexibility index (Phi) is 8.56. The third-order valence-corrected chi connectivity index (χ3v) is 7.08. The van der Waals surface area contributed by atoms with Gasteiger partial charge in [0.1, 0.15) is 11.3 Å². The number of carbonyl (C=O) groups is 2. The Labute approximate surface area is 245 Å². The number of amides is 1. The molecule has 0 saturated heterocycles. The molecule has 3 heterocycles. The Morgan fingerprint density at radius 2 is 1.88 bits per heavy atom. The molecule has 1 aliphatic rings. The summed E-state index contributed by atoms with van der Waals surface area (Å²) in [5.41, 5.74) is 2.24. The van der Waals surface area contributed by atoms with Crippen LogP contribution in [0.25, 0.3) is 11.9 Å². The van der Waals surface area contributed by atoms with Gasteiger partial charge in [-0.05, 0) is 68.0 Å². The Balaban J connectivity index is 1.14. The number of aromatic carboxylic acids is 1. The lowest BCUT2D eigenvalue weighted by atomic mass is 9.89. The number of aryl methyl sites for hydroxylation is 1. The number of carbonyl (C=O) groups excluding carboxylic acids is 1. The normalized spacial score (nSPS) is 15.2. The molecule has 1 aliphatic carbocycles. The number of hydrogen-bond acceptors (Lipinski definition) is 6. The molecular formula is C31H28F3N5O4. The summed E-state index contributed by atoms with van der Waals surface area (Å²) in [6, 6.07) is 12.6. The number of allylic oxidation sites excluding steroid dienone is 1. The van der Waals surface area contributed by atoms with Crippen molar-refractivity contribution in [1.82, 2.24) is 25.1 Å². The number of alkyl halides is 3. The second kappa shape index (κ2) is 12.5. The molecule has 1 fully saturated rings. The first kappa shape index (κ1) is 29.5. The Bertz CT molecular complexity index is 1640. The summed E-state index contributed by atoms with van der Waals surface area (Å²) in [7, 11) is 0. The van der Waals surface area contributed by atoms with Crippen LogP contribution in [0.15, 0.2) is 72.7 Å². The standard InChI is InChI=1S/C31H28F3N5O4/c1-2-26-25(30(41)42)18-39(38-26)27-12-8-21(16-35-27)29(40)37-23-10-6-19(7-11-23)14-20-4-3-5-24(15-20)43-28-13-9-22(17-36-28)31(32,33)34/h3-5,8-9,12-18,23H,2,6-7,10-11H2,1H3,(H,37,40)(H,41,42). The number of nitrogens with zero attached hydrogens (tertiary/aromatic N) is 4. The molecule has 4 aromatic rings. The predicted octanol–water partition coefficient (Wildman–Crippen LogP) is 6.49. The number of pyridine rings is 2. The van der Waals surface area contributed by atoms with Crippen LogP contribution < -0.4 is 10.1 Å². The number of halogens is 3. The lowest BCUT2D eigenvalue weighted by Crippen LogP contribution is -2.36. The minimum absolute atomic E-state index is 0.00101. The average Bonchev–Trinajstić information content (AvgIpc) is 3.43. The van der Waals surface area contributed by atoms with Gasteiger partial charge in [0.25, 0.3) is 5.91 Å². The van der Waals surface area contributed by atoms with E-state index in [1.54, 1.807) is 30.3 Å². The molecule has 2 N–H and O–H groups in total. The first-order chi connectivity index (χ1) is 20.6. The van der Waals surface area contributed by atoms with Crippen molar-refractivity contribution in [1.29, 1.82) is 0 Å². The van der Waals surface area contributed by atoms with Crippen molar-refractivity contribution in [3.8, 4) is 17.4 Å². The number of carboxylic acids is 1. The fourth-order valence-corrected chi connectivity index (χ4v) is 4.80. The number of benzene rings is 1. The number of rotatable bonds is 8. The number of hydrogen-bond donors (Lipinski definition) is 2. The maximum absolute atomic E-state index is 12.8. The summed E-state index contributed by atoms with van der Waals surface area (Å²) in [5, 5.41) is 16.7. The fourth-order valence-electron chi connectivity index (χ4n) is 4.80. The van der Waals surface area contributed by atoms with Crippen LogP contribution in [-0.4, -0.2) is 42.8 Å². The van der Waals surface area contributed by atoms with E-state index in [2.05, 4.69) is 26.5 Å². The molecule has 1 saturated carbocycles. The van der Waals surface area contributed by atoms with E-state index in [1.807, 2.05) is 13.0 Å². The lowest BCUT2D eigenvalue weighted by molar-refractivity contribution is -0.137. The van der Waals surface area contributed by atoms with Gasteiger partial charge < -0.3 is 15.2 Å². The van der Waals surface area contributed by atoms with Crippen molar-refractivity contribution < 1.29 is 32.6 Å². The molecule has 3 aromatic heterocycles. The van der Waals surface area contributed by atoms with Crippen molar-refractivity contribution >= 4 is 18.0 Å². The summed E-state index contributed by atoms with van der Waals surface area (Å²) in [6.07, 6.45) is 4.78. The molecule has 0 unspecified atom stereocenters. The molecule has 9 nitrogen and oxygen atoms in total. The minimum Gasteiger partial charge on any atom is -0.478 e. The largest absolute Gasteiger partial charge is 0.478 e. The molecule has 0 spiro atoms. The van der Waals surface area contributed by atoms with Crippen molar-refractivity contribution in [3.05, 3.63) is 101 Å². The van der Waals surface area contributed by atoms with Crippen molar-refractivity contribution in [2.75, 3.05) is 0 Å². The van der Waals surface area contributed by atoms with Gasteiger partial charge in [0.2, 0.25) is 5.88 Å². The van der Waals surface area contributed by atoms with Gasteiger partial charge in [-0.3, -0.25) is 4.79 Å². The van der Waals surface area contributed by atoms with Crippen LogP contribution in [0.3, 0.4) is 0 Å². The van der Waals surface area contributed by atoms with Gasteiger partial charge in [-0.2, -0.15) is 18.3 Å². The topological polar surface area (TPSA) is 119 Å². The molecule has 1 amide bonds. The van der Waals surface area contributed by atoms with Gasteiger partial charge >= 0.3 is 12.1 Å². The molecule has 12 heteroatoms. The Morgan fingerprint density at radius 3 is 2.49 bits per heavy atom. The van der Waals surface area contributed by atoms with Gasteiger partial charge in [-0.15, -0.1) is 0 Å². The summed E-state index contributed by atoms with van der Waals surface area (Å²) >= 11 is 0. The van der Waals surface area contributed by atoms with Crippen molar-refractivity contribution in [2.24, 2.45) is 0 Å². The van der Waals surface area contributed by atoms with E-state index in [9.17, 15) is 27.9 Å². The Morgan fingerprint density at radius 1 is 1.09 bits per heavy atom. The van der Waals surface area contributed by atoms with Crippen LogP contribution in [-0.2, 0) is 12.6 Å². The van der Waals surface area contributed by atoms with E-state index in [1.165, 1.54) is 28.7 Å². The highest BCUT2D eigenvalue weighted by Crippen LogP contribution is 2.31. The minimum atomic E-state index is -4.46. The molecule has 5 rings (SSSR count). The van der Waals surface area contributed by atoms with Crippen LogP contribution in [0.4, 0.5) is 13.2 Å². The summed E-state index contributed by atoms with van der Waals surface area (Å²) in [4.78, 5) is 32.3. The van der Waals surface area contributed by atoms with E-state index < -0.39 is 17.7 Å². The van der Waals surface area contributed by atoms with Gasteiger partial charge in [0.15, 0.2) is 5.82 Å². The van der Waals surface area contributed by atoms with Crippen LogP contribution in [0.5, 0.6) is 11.6 Å². The fraction of sp³-hybridized carbons (Fsp3) is 0.258. The molecular weight excluding hydrogens is 563 g/mol. The van der Waals surface area contributed by atoms with Crippen LogP contribution in [0.1, 0.15) is 70.1 Å². The van der Waals surface area contributed by atoms with Gasteiger partial charge in [0, 0.05) is 30.7 Å². The highest BCUT2D eigenvalue weighted by atomic mass is 19.4. The zero-order valence-corrected chi connectivity index (χ0v) is 23.1. The quantitative estimate of drug-likeness (QED) is 0.240. The average molecular weight is 592 g/mol. The smallest absolute Gasteiger partial charge is 0.417 e. The number of nitrogens with one attached hydrogen (secondary N) is 1. The van der Waals surface area contributed by atoms with E-state index in [-0.39, 0.29) is 23.4 Å². The van der Waals surface area contributed by atoms with Crippen molar-refractivity contribution in [2.45, 2.75) is 51.2 Å². The van der Waals surface area contributed by atoms with Crippen LogP contribution in [0.2, 0.25) is 0 Å².